The van der Waals surface area contributed by atoms with Crippen LogP contribution in [0.15, 0.2) is 42.7 Å². The summed E-state index contributed by atoms with van der Waals surface area (Å²) in [7, 11) is 1.96. The zero-order chi connectivity index (χ0) is 29.3. The van der Waals surface area contributed by atoms with E-state index in [4.69, 9.17) is 4.74 Å². The number of aromatic nitrogens is 2. The molecule has 218 valence electrons. The first-order valence-corrected chi connectivity index (χ1v) is 13.1. The maximum absolute atomic E-state index is 15.6. The topological polar surface area (TPSA) is 73.8 Å². The molecule has 0 saturated carbocycles. The Balaban J connectivity index is 1.52. The van der Waals surface area contributed by atoms with Crippen molar-refractivity contribution in [3.8, 4) is 11.1 Å². The van der Waals surface area contributed by atoms with Crippen LogP contribution in [0.1, 0.15) is 22.8 Å². The van der Waals surface area contributed by atoms with Crippen molar-refractivity contribution in [2.45, 2.75) is 19.1 Å². The lowest BCUT2D eigenvalue weighted by molar-refractivity contribution is -0.138. The van der Waals surface area contributed by atoms with Gasteiger partial charge in [-0.3, -0.25) is 4.79 Å². The first kappa shape index (κ1) is 28.7. The Hall–Kier alpha value is -3.84. The molecule has 3 aromatic rings. The molecule has 0 aliphatic carbocycles. The van der Waals surface area contributed by atoms with Crippen LogP contribution in [0.25, 0.3) is 11.1 Å². The number of amides is 1. The van der Waals surface area contributed by atoms with E-state index in [1.54, 1.807) is 0 Å². The van der Waals surface area contributed by atoms with Crippen molar-refractivity contribution < 1.29 is 31.5 Å². The van der Waals surface area contributed by atoms with Gasteiger partial charge in [0.25, 0.3) is 5.91 Å². The van der Waals surface area contributed by atoms with Gasteiger partial charge in [0.15, 0.2) is 0 Å². The Morgan fingerprint density at radius 3 is 2.37 bits per heavy atom. The number of piperazine rings is 1. The molecule has 2 aromatic carbocycles. The van der Waals surface area contributed by atoms with Crippen molar-refractivity contribution in [2.75, 3.05) is 68.1 Å². The fraction of sp³-hybridized carbons (Fsp3) is 0.393. The third-order valence-electron chi connectivity index (χ3n) is 7.41. The number of carbonyl (C=O) groups excluding carboxylic acids is 1. The molecule has 1 N–H and O–H groups in total. The van der Waals surface area contributed by atoms with Crippen LogP contribution >= 0.6 is 0 Å². The molecule has 2 aliphatic rings. The van der Waals surface area contributed by atoms with Crippen LogP contribution < -0.4 is 15.1 Å². The van der Waals surface area contributed by atoms with Gasteiger partial charge in [-0.25, -0.2) is 18.7 Å². The van der Waals surface area contributed by atoms with Gasteiger partial charge >= 0.3 is 6.18 Å². The van der Waals surface area contributed by atoms with Crippen LogP contribution in [-0.2, 0) is 10.9 Å². The van der Waals surface area contributed by atoms with Gasteiger partial charge in [-0.1, -0.05) is 0 Å². The minimum Gasteiger partial charge on any atom is -0.378 e. The van der Waals surface area contributed by atoms with E-state index in [2.05, 4.69) is 20.2 Å². The molecule has 3 heterocycles. The van der Waals surface area contributed by atoms with Gasteiger partial charge in [0, 0.05) is 62.3 Å². The highest BCUT2D eigenvalue weighted by atomic mass is 19.4. The summed E-state index contributed by atoms with van der Waals surface area (Å²) in [6.07, 6.45) is -2.04. The quantitative estimate of drug-likeness (QED) is 0.443. The summed E-state index contributed by atoms with van der Waals surface area (Å²) in [6.45, 7) is 5.97. The first-order valence-electron chi connectivity index (χ1n) is 13.1. The maximum atomic E-state index is 15.6. The summed E-state index contributed by atoms with van der Waals surface area (Å²) in [4.78, 5) is 27.9. The molecule has 2 fully saturated rings. The van der Waals surface area contributed by atoms with Crippen LogP contribution in [0.4, 0.5) is 39.3 Å². The molecule has 41 heavy (non-hydrogen) atoms. The fourth-order valence-electron chi connectivity index (χ4n) is 4.94. The van der Waals surface area contributed by atoms with E-state index in [-0.39, 0.29) is 23.4 Å². The summed E-state index contributed by atoms with van der Waals surface area (Å²) in [5, 5.41) is 2.54. The number of hydrogen-bond donors (Lipinski definition) is 1. The fourth-order valence-corrected chi connectivity index (χ4v) is 4.94. The SMILES string of the molecule is CC1CN(c2cc(F)c(-c3cnc(N4CCOCC4)nc3)cc2NC(=O)c2ccc(F)cc2C(F)(F)F)CCN1C. The van der Waals surface area contributed by atoms with Gasteiger partial charge in [0.05, 0.1) is 35.7 Å². The summed E-state index contributed by atoms with van der Waals surface area (Å²) in [5.41, 5.74) is -1.33. The van der Waals surface area contributed by atoms with Gasteiger partial charge < -0.3 is 24.8 Å². The number of nitrogens with zero attached hydrogens (tertiary/aromatic N) is 5. The third-order valence-corrected chi connectivity index (χ3v) is 7.41. The molecule has 1 aromatic heterocycles. The summed E-state index contributed by atoms with van der Waals surface area (Å²) in [6, 6.07) is 4.58. The number of hydrogen-bond acceptors (Lipinski definition) is 7. The molecule has 0 radical (unpaired) electrons. The average Bonchev–Trinajstić information content (AvgIpc) is 2.95. The number of carbonyl (C=O) groups is 1. The van der Waals surface area contributed by atoms with Gasteiger partial charge in [0.2, 0.25) is 5.95 Å². The third kappa shape index (κ3) is 6.25. The lowest BCUT2D eigenvalue weighted by Crippen LogP contribution is -2.50. The Bertz CT molecular complexity index is 1410. The molecule has 1 atom stereocenters. The number of nitrogens with one attached hydrogen (secondary N) is 1. The van der Waals surface area contributed by atoms with Gasteiger partial charge in [-0.2, -0.15) is 13.2 Å². The van der Waals surface area contributed by atoms with Crippen molar-refractivity contribution in [3.05, 3.63) is 65.5 Å². The number of ether oxygens (including phenoxy) is 1. The lowest BCUT2D eigenvalue weighted by Gasteiger charge is -2.39. The molecule has 1 amide bonds. The maximum Gasteiger partial charge on any atom is 0.417 e. The molecule has 13 heteroatoms. The summed E-state index contributed by atoms with van der Waals surface area (Å²) in [5.74, 6) is -2.36. The van der Waals surface area contributed by atoms with Crippen molar-refractivity contribution >= 4 is 23.2 Å². The number of rotatable bonds is 5. The van der Waals surface area contributed by atoms with E-state index in [9.17, 15) is 22.4 Å². The van der Waals surface area contributed by atoms with Crippen LogP contribution in [0.5, 0.6) is 0 Å². The Morgan fingerprint density at radius 1 is 1.00 bits per heavy atom. The standard InChI is InChI=1S/C28H29F5N6O2/c1-17-16-39(6-5-37(17)2)25-13-23(30)21(18-14-34-27(35-15-18)38-7-9-41-10-8-38)12-24(25)36-26(40)20-4-3-19(29)11-22(20)28(31,32)33/h3-4,11-15,17H,5-10,16H2,1-2H3,(H,36,40). The lowest BCUT2D eigenvalue weighted by atomic mass is 10.0. The largest absolute Gasteiger partial charge is 0.417 e. The molecule has 0 spiro atoms. The van der Waals surface area contributed by atoms with E-state index in [1.807, 2.05) is 23.8 Å². The second-order valence-corrected chi connectivity index (χ2v) is 10.1. The first-order chi connectivity index (χ1) is 19.5. The molecular formula is C28H29F5N6O2. The van der Waals surface area contributed by atoms with E-state index < -0.39 is 34.8 Å². The molecular weight excluding hydrogens is 547 g/mol. The second-order valence-electron chi connectivity index (χ2n) is 10.1. The predicted octanol–water partition coefficient (Wildman–Crippen LogP) is 4.67. The van der Waals surface area contributed by atoms with Gasteiger partial charge in [0.1, 0.15) is 11.6 Å². The zero-order valence-electron chi connectivity index (χ0n) is 22.5. The van der Waals surface area contributed by atoms with Gasteiger partial charge in [-0.15, -0.1) is 0 Å². The molecule has 1 unspecified atom stereocenters. The molecule has 2 aliphatic heterocycles. The van der Waals surface area contributed by atoms with Gasteiger partial charge in [-0.05, 0) is 44.3 Å². The highest BCUT2D eigenvalue weighted by molar-refractivity contribution is 6.07. The Labute approximate surface area is 233 Å². The number of alkyl halides is 3. The smallest absolute Gasteiger partial charge is 0.378 e. The monoisotopic (exact) mass is 576 g/mol. The van der Waals surface area contributed by atoms with E-state index in [0.717, 1.165) is 12.1 Å². The van der Waals surface area contributed by atoms with Crippen molar-refractivity contribution in [1.29, 1.82) is 0 Å². The normalized spacial score (nSPS) is 18.5. The number of likely N-dealkylation sites (N-methyl/N-ethyl adjacent to an activating group) is 1. The molecule has 0 bridgehead atoms. The molecule has 8 nitrogen and oxygen atoms in total. The van der Waals surface area contributed by atoms with Crippen LogP contribution in [0, 0.1) is 11.6 Å². The number of benzene rings is 2. The zero-order valence-corrected chi connectivity index (χ0v) is 22.5. The van der Waals surface area contributed by atoms with E-state index in [0.29, 0.717) is 63.1 Å². The summed E-state index contributed by atoms with van der Waals surface area (Å²) < 4.78 is 75.6. The van der Waals surface area contributed by atoms with E-state index in [1.165, 1.54) is 24.5 Å². The minimum atomic E-state index is -4.96. The van der Waals surface area contributed by atoms with E-state index >= 15 is 4.39 Å². The number of halogens is 5. The Morgan fingerprint density at radius 2 is 1.71 bits per heavy atom. The van der Waals surface area contributed by atoms with Crippen molar-refractivity contribution in [3.63, 3.8) is 0 Å². The van der Waals surface area contributed by atoms with Crippen LogP contribution in [-0.4, -0.2) is 79.8 Å². The highest BCUT2D eigenvalue weighted by Gasteiger charge is 2.36. The summed E-state index contributed by atoms with van der Waals surface area (Å²) >= 11 is 0. The van der Waals surface area contributed by atoms with Crippen LogP contribution in [0.2, 0.25) is 0 Å². The molecule has 2 saturated heterocycles. The predicted molar refractivity (Wildman–Crippen MR) is 144 cm³/mol. The van der Waals surface area contributed by atoms with Crippen LogP contribution in [0.3, 0.4) is 0 Å². The highest BCUT2D eigenvalue weighted by Crippen LogP contribution is 2.37. The molecule has 5 rings (SSSR count). The van der Waals surface area contributed by atoms with Crippen molar-refractivity contribution in [1.82, 2.24) is 14.9 Å². The average molecular weight is 577 g/mol. The Kier molecular flexibility index (Phi) is 8.09. The number of morpholine rings is 1. The number of anilines is 3. The van der Waals surface area contributed by atoms with Crippen molar-refractivity contribution in [2.24, 2.45) is 0 Å². The minimum absolute atomic E-state index is 0.0647. The second kappa shape index (κ2) is 11.6.